The molecule has 0 saturated heterocycles. The summed E-state index contributed by atoms with van der Waals surface area (Å²) in [6.45, 7) is 5.09. The third-order valence-electron chi connectivity index (χ3n) is 4.57. The van der Waals surface area contributed by atoms with Gasteiger partial charge in [0.2, 0.25) is 0 Å². The van der Waals surface area contributed by atoms with Crippen molar-refractivity contribution in [1.29, 1.82) is 10.8 Å². The fourth-order valence-corrected chi connectivity index (χ4v) is 2.82. The van der Waals surface area contributed by atoms with Gasteiger partial charge in [0.05, 0.1) is 13.2 Å². The fourth-order valence-electron chi connectivity index (χ4n) is 2.82. The minimum absolute atomic E-state index is 0.0656. The van der Waals surface area contributed by atoms with Crippen molar-refractivity contribution >= 4 is 11.7 Å². The van der Waals surface area contributed by atoms with E-state index in [1.54, 1.807) is 24.3 Å². The van der Waals surface area contributed by atoms with Crippen molar-refractivity contribution in [3.8, 4) is 11.5 Å². The van der Waals surface area contributed by atoms with Crippen molar-refractivity contribution in [2.75, 3.05) is 39.4 Å². The van der Waals surface area contributed by atoms with Crippen molar-refractivity contribution < 1.29 is 9.47 Å². The third-order valence-corrected chi connectivity index (χ3v) is 4.57. The summed E-state index contributed by atoms with van der Waals surface area (Å²) in [5.41, 5.74) is 12.3. The Bertz CT molecular complexity index is 725. The number of nitrogens with one attached hydrogen (secondary N) is 4. The van der Waals surface area contributed by atoms with Gasteiger partial charge < -0.3 is 31.6 Å². The highest BCUT2D eigenvalue weighted by molar-refractivity contribution is 5.95. The molecule has 0 aliphatic heterocycles. The summed E-state index contributed by atoms with van der Waals surface area (Å²) in [5.74, 6) is 1.73. The predicted molar refractivity (Wildman–Crippen MR) is 125 cm³/mol. The summed E-state index contributed by atoms with van der Waals surface area (Å²) in [6, 6.07) is 14.5. The number of nitrogen functional groups attached to an aromatic ring is 2. The first kappa shape index (κ1) is 24.2. The van der Waals surface area contributed by atoms with Crippen molar-refractivity contribution in [3.63, 3.8) is 0 Å². The SMILES string of the molecule is N=C(N)c1ccc(OCCCNCCCNCCCOc2ccc(C(=N)N)cc2)cc1. The van der Waals surface area contributed by atoms with E-state index in [0.717, 1.165) is 56.9 Å². The summed E-state index contributed by atoms with van der Waals surface area (Å²) in [6.07, 6.45) is 2.94. The molecule has 168 valence electrons. The Morgan fingerprint density at radius 1 is 0.613 bits per heavy atom. The molecule has 0 heterocycles. The fraction of sp³-hybridized carbons (Fsp3) is 0.391. The van der Waals surface area contributed by atoms with Crippen LogP contribution in [0.25, 0.3) is 0 Å². The Morgan fingerprint density at radius 3 is 1.32 bits per heavy atom. The predicted octanol–water partition coefficient (Wildman–Crippen LogP) is 2.06. The first-order valence-corrected chi connectivity index (χ1v) is 10.6. The third kappa shape index (κ3) is 9.97. The highest BCUT2D eigenvalue weighted by Crippen LogP contribution is 2.12. The lowest BCUT2D eigenvalue weighted by atomic mass is 10.2. The Balaban J connectivity index is 1.37. The van der Waals surface area contributed by atoms with Crippen LogP contribution in [0.4, 0.5) is 0 Å². The zero-order valence-electron chi connectivity index (χ0n) is 18.0. The smallest absolute Gasteiger partial charge is 0.122 e. The van der Waals surface area contributed by atoms with Crippen molar-refractivity contribution in [1.82, 2.24) is 10.6 Å². The maximum Gasteiger partial charge on any atom is 0.122 e. The van der Waals surface area contributed by atoms with Crippen LogP contribution in [0.2, 0.25) is 0 Å². The first-order valence-electron chi connectivity index (χ1n) is 10.6. The molecule has 2 aromatic carbocycles. The molecule has 8 heteroatoms. The van der Waals surface area contributed by atoms with E-state index in [2.05, 4.69) is 10.6 Å². The second-order valence-electron chi connectivity index (χ2n) is 7.13. The molecule has 0 fully saturated rings. The van der Waals surface area contributed by atoms with Gasteiger partial charge in [-0.05, 0) is 94.0 Å². The van der Waals surface area contributed by atoms with Crippen LogP contribution in [-0.2, 0) is 0 Å². The van der Waals surface area contributed by atoms with Crippen LogP contribution in [0.5, 0.6) is 11.5 Å². The van der Waals surface area contributed by atoms with E-state index in [4.69, 9.17) is 31.8 Å². The van der Waals surface area contributed by atoms with E-state index >= 15 is 0 Å². The molecule has 2 rings (SSSR count). The number of ether oxygens (including phenoxy) is 2. The first-order chi connectivity index (χ1) is 15.1. The van der Waals surface area contributed by atoms with Gasteiger partial charge in [-0.15, -0.1) is 0 Å². The van der Waals surface area contributed by atoms with Crippen molar-refractivity contribution in [2.24, 2.45) is 11.5 Å². The lowest BCUT2D eigenvalue weighted by Gasteiger charge is -2.09. The Hall–Kier alpha value is -3.10. The molecule has 0 unspecified atom stereocenters. The summed E-state index contributed by atoms with van der Waals surface area (Å²) < 4.78 is 11.4. The van der Waals surface area contributed by atoms with Gasteiger partial charge in [-0.25, -0.2) is 0 Å². The standard InChI is InChI=1S/C23H34N6O2/c24-22(25)18-4-8-20(9-5-18)30-16-2-14-28-12-1-13-29-15-3-17-31-21-10-6-19(7-11-21)23(26)27/h4-11,28-29H,1-3,12-17H2,(H3,24,25)(H3,26,27). The van der Waals surface area contributed by atoms with E-state index in [9.17, 15) is 0 Å². The highest BCUT2D eigenvalue weighted by atomic mass is 16.5. The number of amidine groups is 2. The summed E-state index contributed by atoms with van der Waals surface area (Å²) in [4.78, 5) is 0. The second-order valence-corrected chi connectivity index (χ2v) is 7.13. The van der Waals surface area contributed by atoms with Gasteiger partial charge in [-0.3, -0.25) is 10.8 Å². The summed E-state index contributed by atoms with van der Waals surface area (Å²) >= 11 is 0. The van der Waals surface area contributed by atoms with Gasteiger partial charge in [0.15, 0.2) is 0 Å². The number of hydrogen-bond acceptors (Lipinski definition) is 6. The van der Waals surface area contributed by atoms with Crippen molar-refractivity contribution in [3.05, 3.63) is 59.7 Å². The molecular formula is C23H34N6O2. The molecule has 0 saturated carbocycles. The van der Waals surface area contributed by atoms with Crippen LogP contribution in [0.3, 0.4) is 0 Å². The van der Waals surface area contributed by atoms with Crippen LogP contribution in [0, 0.1) is 10.8 Å². The molecule has 0 radical (unpaired) electrons. The topological polar surface area (TPSA) is 142 Å². The van der Waals surface area contributed by atoms with Crippen LogP contribution in [-0.4, -0.2) is 51.1 Å². The highest BCUT2D eigenvalue weighted by Gasteiger charge is 1.99. The summed E-state index contributed by atoms with van der Waals surface area (Å²) in [7, 11) is 0. The molecule has 0 atom stereocenters. The number of hydrogen-bond donors (Lipinski definition) is 6. The quantitative estimate of drug-likeness (QED) is 0.138. The molecule has 0 bridgehead atoms. The van der Waals surface area contributed by atoms with E-state index in [-0.39, 0.29) is 11.7 Å². The Morgan fingerprint density at radius 2 is 0.968 bits per heavy atom. The van der Waals surface area contributed by atoms with Crippen LogP contribution in [0.15, 0.2) is 48.5 Å². The molecule has 0 spiro atoms. The van der Waals surface area contributed by atoms with Gasteiger partial charge >= 0.3 is 0 Å². The van der Waals surface area contributed by atoms with E-state index in [0.29, 0.717) is 24.3 Å². The zero-order chi connectivity index (χ0) is 22.3. The lowest BCUT2D eigenvalue weighted by molar-refractivity contribution is 0.306. The number of benzene rings is 2. The van der Waals surface area contributed by atoms with Gasteiger partial charge in [0.25, 0.3) is 0 Å². The van der Waals surface area contributed by atoms with Gasteiger partial charge in [-0.1, -0.05) is 0 Å². The number of rotatable bonds is 16. The molecule has 31 heavy (non-hydrogen) atoms. The maximum absolute atomic E-state index is 7.37. The Labute approximate surface area is 184 Å². The van der Waals surface area contributed by atoms with E-state index in [1.165, 1.54) is 0 Å². The monoisotopic (exact) mass is 426 g/mol. The molecule has 8 nitrogen and oxygen atoms in total. The van der Waals surface area contributed by atoms with E-state index in [1.807, 2.05) is 24.3 Å². The van der Waals surface area contributed by atoms with E-state index < -0.39 is 0 Å². The maximum atomic E-state index is 7.37. The minimum atomic E-state index is 0.0656. The van der Waals surface area contributed by atoms with Crippen LogP contribution >= 0.6 is 0 Å². The zero-order valence-corrected chi connectivity index (χ0v) is 18.0. The lowest BCUT2D eigenvalue weighted by Crippen LogP contribution is -2.24. The minimum Gasteiger partial charge on any atom is -0.494 e. The van der Waals surface area contributed by atoms with Crippen LogP contribution < -0.4 is 31.6 Å². The molecule has 2 aromatic rings. The molecule has 0 aliphatic rings. The normalized spacial score (nSPS) is 10.6. The molecule has 0 aromatic heterocycles. The average molecular weight is 427 g/mol. The van der Waals surface area contributed by atoms with Crippen LogP contribution in [0.1, 0.15) is 30.4 Å². The molecule has 0 amide bonds. The Kier molecular flexibility index (Phi) is 10.9. The molecule has 0 aliphatic carbocycles. The average Bonchev–Trinajstić information content (AvgIpc) is 2.77. The second kappa shape index (κ2) is 14.0. The molecular weight excluding hydrogens is 392 g/mol. The molecule has 8 N–H and O–H groups in total. The largest absolute Gasteiger partial charge is 0.494 e. The number of nitrogens with two attached hydrogens (primary N) is 2. The summed E-state index contributed by atoms with van der Waals surface area (Å²) in [5, 5.41) is 21.6. The van der Waals surface area contributed by atoms with Gasteiger partial charge in [-0.2, -0.15) is 0 Å². The van der Waals surface area contributed by atoms with Crippen molar-refractivity contribution in [2.45, 2.75) is 19.3 Å². The van der Waals surface area contributed by atoms with Gasteiger partial charge in [0, 0.05) is 11.1 Å². The van der Waals surface area contributed by atoms with Gasteiger partial charge in [0.1, 0.15) is 23.2 Å².